The van der Waals surface area contributed by atoms with Gasteiger partial charge in [0.25, 0.3) is 0 Å². The zero-order valence-electron chi connectivity index (χ0n) is 20.9. The number of rotatable bonds is 10. The standard InChI is InChI=1S/C31H28O6/c1-21(2)30(33)35-20-19-24-7-14-27(15-8-24)36-29(32)18-9-23-5-10-25(11-6-23)26-12-16-28(17-13-26)37-31(34)22(3)4/h5-18H,1,3,19-20H2,2,4H3/b18-9+. The molecule has 0 bridgehead atoms. The molecule has 0 aliphatic carbocycles. The van der Waals surface area contributed by atoms with Gasteiger partial charge >= 0.3 is 17.9 Å². The second-order valence-electron chi connectivity index (χ2n) is 8.38. The Balaban J connectivity index is 1.50. The van der Waals surface area contributed by atoms with Crippen molar-refractivity contribution in [3.63, 3.8) is 0 Å². The Morgan fingerprint density at radius 3 is 1.78 bits per heavy atom. The van der Waals surface area contributed by atoms with Crippen LogP contribution in [0.2, 0.25) is 0 Å². The lowest BCUT2D eigenvalue weighted by Gasteiger charge is -2.06. The van der Waals surface area contributed by atoms with Crippen molar-refractivity contribution in [3.05, 3.63) is 114 Å². The number of ether oxygens (including phenoxy) is 3. The van der Waals surface area contributed by atoms with Crippen molar-refractivity contribution in [1.82, 2.24) is 0 Å². The number of benzene rings is 3. The smallest absolute Gasteiger partial charge is 0.338 e. The minimum atomic E-state index is -0.493. The van der Waals surface area contributed by atoms with E-state index in [0.717, 1.165) is 22.3 Å². The van der Waals surface area contributed by atoms with Gasteiger partial charge in [-0.15, -0.1) is 0 Å². The summed E-state index contributed by atoms with van der Waals surface area (Å²) in [6.45, 7) is 10.6. The topological polar surface area (TPSA) is 78.9 Å². The van der Waals surface area contributed by atoms with Gasteiger partial charge in [0.05, 0.1) is 6.61 Å². The van der Waals surface area contributed by atoms with Crippen LogP contribution in [0.15, 0.2) is 103 Å². The highest BCUT2D eigenvalue weighted by molar-refractivity contribution is 5.89. The van der Waals surface area contributed by atoms with E-state index in [9.17, 15) is 14.4 Å². The van der Waals surface area contributed by atoms with Crippen molar-refractivity contribution in [3.8, 4) is 22.6 Å². The molecule has 0 atom stereocenters. The van der Waals surface area contributed by atoms with Gasteiger partial charge in [-0.3, -0.25) is 0 Å². The predicted molar refractivity (Wildman–Crippen MR) is 143 cm³/mol. The summed E-state index contributed by atoms with van der Waals surface area (Å²) in [5.74, 6) is -0.492. The Hall–Kier alpha value is -4.71. The van der Waals surface area contributed by atoms with Gasteiger partial charge in [-0.25, -0.2) is 14.4 Å². The van der Waals surface area contributed by atoms with E-state index in [1.807, 2.05) is 48.5 Å². The lowest BCUT2D eigenvalue weighted by Crippen LogP contribution is -2.08. The van der Waals surface area contributed by atoms with Crippen LogP contribution in [-0.4, -0.2) is 24.5 Å². The molecule has 6 nitrogen and oxygen atoms in total. The molecule has 0 aliphatic rings. The summed E-state index contributed by atoms with van der Waals surface area (Å²) in [4.78, 5) is 35.2. The Kier molecular flexibility index (Phi) is 9.33. The first kappa shape index (κ1) is 26.9. The van der Waals surface area contributed by atoms with Crippen LogP contribution >= 0.6 is 0 Å². The molecule has 0 amide bonds. The first-order chi connectivity index (χ1) is 17.7. The molecule has 188 valence electrons. The third-order valence-corrected chi connectivity index (χ3v) is 5.18. The van der Waals surface area contributed by atoms with Crippen molar-refractivity contribution in [2.45, 2.75) is 20.3 Å². The summed E-state index contributed by atoms with van der Waals surface area (Å²) in [6.07, 6.45) is 3.59. The normalized spacial score (nSPS) is 10.5. The lowest BCUT2D eigenvalue weighted by atomic mass is 10.0. The molecular formula is C31H28O6. The van der Waals surface area contributed by atoms with Crippen molar-refractivity contribution in [2.75, 3.05) is 6.61 Å². The van der Waals surface area contributed by atoms with Gasteiger partial charge in [0.15, 0.2) is 0 Å². The number of hydrogen-bond donors (Lipinski definition) is 0. The quantitative estimate of drug-likeness (QED) is 0.191. The van der Waals surface area contributed by atoms with E-state index in [2.05, 4.69) is 13.2 Å². The summed E-state index contributed by atoms with van der Waals surface area (Å²) in [5.41, 5.74) is 4.43. The summed E-state index contributed by atoms with van der Waals surface area (Å²) in [5, 5.41) is 0. The van der Waals surface area contributed by atoms with Crippen molar-refractivity contribution < 1.29 is 28.6 Å². The van der Waals surface area contributed by atoms with Gasteiger partial charge in [-0.1, -0.05) is 61.7 Å². The van der Waals surface area contributed by atoms with Crippen molar-refractivity contribution >= 4 is 24.0 Å². The minimum Gasteiger partial charge on any atom is -0.462 e. The van der Waals surface area contributed by atoms with Crippen molar-refractivity contribution in [1.29, 1.82) is 0 Å². The summed E-state index contributed by atoms with van der Waals surface area (Å²) in [7, 11) is 0. The average molecular weight is 497 g/mol. The zero-order valence-corrected chi connectivity index (χ0v) is 20.9. The number of carbonyl (C=O) groups excluding carboxylic acids is 3. The van der Waals surface area contributed by atoms with E-state index < -0.39 is 17.9 Å². The number of hydrogen-bond acceptors (Lipinski definition) is 6. The fourth-order valence-electron chi connectivity index (χ4n) is 3.12. The van der Waals surface area contributed by atoms with Crippen LogP contribution < -0.4 is 9.47 Å². The molecule has 0 radical (unpaired) electrons. The van der Waals surface area contributed by atoms with Gasteiger partial charge in [0.1, 0.15) is 11.5 Å². The summed E-state index contributed by atoms with van der Waals surface area (Å²) < 4.78 is 15.6. The summed E-state index contributed by atoms with van der Waals surface area (Å²) in [6, 6.07) is 21.9. The molecule has 0 N–H and O–H groups in total. The molecule has 0 saturated heterocycles. The molecule has 3 aromatic carbocycles. The van der Waals surface area contributed by atoms with Crippen molar-refractivity contribution in [2.24, 2.45) is 0 Å². The largest absolute Gasteiger partial charge is 0.462 e. The van der Waals surface area contributed by atoms with Crippen LogP contribution in [-0.2, 0) is 25.5 Å². The fraction of sp³-hybridized carbons (Fsp3) is 0.129. The average Bonchev–Trinajstić information content (AvgIpc) is 2.89. The monoisotopic (exact) mass is 496 g/mol. The molecule has 0 fully saturated rings. The van der Waals surface area contributed by atoms with Crippen LogP contribution in [0.3, 0.4) is 0 Å². The molecule has 6 heteroatoms. The first-order valence-electron chi connectivity index (χ1n) is 11.6. The van der Waals surface area contributed by atoms with Gasteiger partial charge in [-0.05, 0) is 66.4 Å². The van der Waals surface area contributed by atoms with Crippen LogP contribution in [0.5, 0.6) is 11.5 Å². The Bertz CT molecular complexity index is 1310. The summed E-state index contributed by atoms with van der Waals surface area (Å²) >= 11 is 0. The maximum absolute atomic E-state index is 12.2. The maximum atomic E-state index is 12.2. The van der Waals surface area contributed by atoms with Gasteiger partial charge < -0.3 is 14.2 Å². The second-order valence-corrected chi connectivity index (χ2v) is 8.38. The molecule has 0 unspecified atom stereocenters. The highest BCUT2D eigenvalue weighted by Gasteiger charge is 2.07. The predicted octanol–water partition coefficient (Wildman–Crippen LogP) is 6.12. The Morgan fingerprint density at radius 2 is 1.22 bits per heavy atom. The van der Waals surface area contributed by atoms with Gasteiger partial charge in [0.2, 0.25) is 0 Å². The Labute approximate surface area is 216 Å². The Morgan fingerprint density at radius 1 is 0.703 bits per heavy atom. The maximum Gasteiger partial charge on any atom is 0.338 e. The molecule has 0 spiro atoms. The molecule has 0 saturated carbocycles. The molecule has 37 heavy (non-hydrogen) atoms. The number of carbonyl (C=O) groups is 3. The highest BCUT2D eigenvalue weighted by atomic mass is 16.5. The van der Waals surface area contributed by atoms with E-state index in [0.29, 0.717) is 29.1 Å². The van der Waals surface area contributed by atoms with E-state index in [1.165, 1.54) is 6.08 Å². The van der Waals surface area contributed by atoms with Gasteiger partial charge in [0, 0.05) is 23.6 Å². The fourth-order valence-corrected chi connectivity index (χ4v) is 3.12. The van der Waals surface area contributed by atoms with Crippen LogP contribution in [0.1, 0.15) is 25.0 Å². The zero-order chi connectivity index (χ0) is 26.8. The van der Waals surface area contributed by atoms with E-state index in [1.54, 1.807) is 44.2 Å². The SMILES string of the molecule is C=C(C)C(=O)OCCc1ccc(OC(=O)/C=C/c2ccc(-c3ccc(OC(=O)C(=C)C)cc3)cc2)cc1. The molecule has 3 rings (SSSR count). The van der Waals surface area contributed by atoms with E-state index >= 15 is 0 Å². The molecule has 3 aromatic rings. The third-order valence-electron chi connectivity index (χ3n) is 5.18. The second kappa shape index (κ2) is 12.8. The molecule has 0 heterocycles. The molecule has 0 aliphatic heterocycles. The van der Waals surface area contributed by atoms with E-state index in [4.69, 9.17) is 14.2 Å². The third kappa shape index (κ3) is 8.47. The number of esters is 3. The lowest BCUT2D eigenvalue weighted by molar-refractivity contribution is -0.139. The van der Waals surface area contributed by atoms with Crippen LogP contribution in [0.4, 0.5) is 0 Å². The van der Waals surface area contributed by atoms with Crippen LogP contribution in [0.25, 0.3) is 17.2 Å². The van der Waals surface area contributed by atoms with Crippen LogP contribution in [0, 0.1) is 0 Å². The molecular weight excluding hydrogens is 468 g/mol. The molecule has 0 aromatic heterocycles. The first-order valence-corrected chi connectivity index (χ1v) is 11.6. The minimum absolute atomic E-state index is 0.253. The van der Waals surface area contributed by atoms with E-state index in [-0.39, 0.29) is 6.61 Å². The van der Waals surface area contributed by atoms with Gasteiger partial charge in [-0.2, -0.15) is 0 Å². The highest BCUT2D eigenvalue weighted by Crippen LogP contribution is 2.23.